The van der Waals surface area contributed by atoms with Gasteiger partial charge in [-0.15, -0.1) is 0 Å². The number of likely N-dealkylation sites (N-methyl/N-ethyl adjacent to an activating group) is 1. The Labute approximate surface area is 171 Å². The lowest BCUT2D eigenvalue weighted by molar-refractivity contribution is 0.318. The third kappa shape index (κ3) is 4.92. The molecular formula is C23H25N5O. The second kappa shape index (κ2) is 8.75. The van der Waals surface area contributed by atoms with E-state index in [2.05, 4.69) is 57.1 Å². The smallest absolute Gasteiger partial charge is 0.229 e. The zero-order valence-corrected chi connectivity index (χ0v) is 16.7. The summed E-state index contributed by atoms with van der Waals surface area (Å²) in [5.74, 6) is 2.07. The number of hydrogen-bond donors (Lipinski definition) is 3. The molecule has 0 amide bonds. The van der Waals surface area contributed by atoms with E-state index in [1.807, 2.05) is 37.4 Å². The largest absolute Gasteiger partial charge is 0.492 e. The predicted octanol–water partition coefficient (Wildman–Crippen LogP) is 4.52. The van der Waals surface area contributed by atoms with E-state index >= 15 is 0 Å². The van der Waals surface area contributed by atoms with Gasteiger partial charge in [-0.05, 0) is 61.9 Å². The van der Waals surface area contributed by atoms with Crippen LogP contribution in [0, 0.1) is 0 Å². The molecule has 0 atom stereocenters. The van der Waals surface area contributed by atoms with Crippen LogP contribution in [0.15, 0.2) is 60.3 Å². The molecule has 3 aromatic rings. The molecule has 4 rings (SSSR count). The fourth-order valence-electron chi connectivity index (χ4n) is 3.29. The SMILES string of the molecule is CNCCOc1cccc(Nc2nccc(Nc3ccc4c(c3)C=C(C)C4)n2)c1. The molecule has 0 spiro atoms. The second-order valence-electron chi connectivity index (χ2n) is 7.08. The molecular weight excluding hydrogens is 362 g/mol. The maximum atomic E-state index is 5.71. The highest BCUT2D eigenvalue weighted by atomic mass is 16.5. The predicted molar refractivity (Wildman–Crippen MR) is 118 cm³/mol. The summed E-state index contributed by atoms with van der Waals surface area (Å²) < 4.78 is 5.71. The van der Waals surface area contributed by atoms with Crippen LogP contribution in [-0.2, 0) is 6.42 Å². The van der Waals surface area contributed by atoms with Gasteiger partial charge < -0.3 is 20.7 Å². The number of allylic oxidation sites excluding steroid dienone is 1. The molecule has 3 N–H and O–H groups in total. The van der Waals surface area contributed by atoms with Crippen molar-refractivity contribution in [2.45, 2.75) is 13.3 Å². The molecule has 1 aliphatic rings. The number of hydrogen-bond acceptors (Lipinski definition) is 6. The fourth-order valence-corrected chi connectivity index (χ4v) is 3.29. The molecule has 1 heterocycles. The summed E-state index contributed by atoms with van der Waals surface area (Å²) in [4.78, 5) is 8.90. The van der Waals surface area contributed by atoms with Gasteiger partial charge in [0.05, 0.1) is 0 Å². The average Bonchev–Trinajstić information content (AvgIpc) is 3.08. The van der Waals surface area contributed by atoms with E-state index in [9.17, 15) is 0 Å². The molecule has 0 aliphatic heterocycles. The van der Waals surface area contributed by atoms with E-state index < -0.39 is 0 Å². The number of aromatic nitrogens is 2. The van der Waals surface area contributed by atoms with Crippen molar-refractivity contribution in [2.24, 2.45) is 0 Å². The highest BCUT2D eigenvalue weighted by molar-refractivity contribution is 5.70. The van der Waals surface area contributed by atoms with Gasteiger partial charge >= 0.3 is 0 Å². The van der Waals surface area contributed by atoms with E-state index in [0.717, 1.165) is 35.9 Å². The van der Waals surface area contributed by atoms with Crippen LogP contribution in [0.4, 0.5) is 23.1 Å². The summed E-state index contributed by atoms with van der Waals surface area (Å²) in [5, 5.41) is 9.67. The van der Waals surface area contributed by atoms with Crippen molar-refractivity contribution in [1.82, 2.24) is 15.3 Å². The number of anilines is 4. The normalized spacial score (nSPS) is 12.3. The first-order valence-electron chi connectivity index (χ1n) is 9.74. The Hall–Kier alpha value is -3.38. The second-order valence-corrected chi connectivity index (χ2v) is 7.08. The van der Waals surface area contributed by atoms with E-state index in [-0.39, 0.29) is 0 Å². The fraction of sp³-hybridized carbons (Fsp3) is 0.217. The molecule has 1 aliphatic carbocycles. The summed E-state index contributed by atoms with van der Waals surface area (Å²) >= 11 is 0. The molecule has 0 fully saturated rings. The van der Waals surface area contributed by atoms with Gasteiger partial charge in [0.1, 0.15) is 18.2 Å². The molecule has 0 unspecified atom stereocenters. The molecule has 0 saturated carbocycles. The summed E-state index contributed by atoms with van der Waals surface area (Å²) in [6.45, 7) is 3.58. The first-order chi connectivity index (χ1) is 14.2. The lowest BCUT2D eigenvalue weighted by atomic mass is 10.1. The lowest BCUT2D eigenvalue weighted by Gasteiger charge is -2.11. The number of nitrogens with one attached hydrogen (secondary N) is 3. The van der Waals surface area contributed by atoms with Crippen LogP contribution in [0.1, 0.15) is 18.1 Å². The van der Waals surface area contributed by atoms with Crippen molar-refractivity contribution in [3.05, 3.63) is 71.4 Å². The number of rotatable bonds is 8. The maximum Gasteiger partial charge on any atom is 0.229 e. The van der Waals surface area contributed by atoms with Crippen molar-refractivity contribution in [2.75, 3.05) is 30.8 Å². The van der Waals surface area contributed by atoms with E-state index in [1.165, 1.54) is 16.7 Å². The van der Waals surface area contributed by atoms with Crippen LogP contribution in [0.25, 0.3) is 6.08 Å². The lowest BCUT2D eigenvalue weighted by Crippen LogP contribution is -2.15. The van der Waals surface area contributed by atoms with Crippen LogP contribution in [-0.4, -0.2) is 30.2 Å². The Balaban J connectivity index is 1.44. The zero-order chi connectivity index (χ0) is 20.1. The maximum absolute atomic E-state index is 5.71. The van der Waals surface area contributed by atoms with Crippen LogP contribution in [0.3, 0.4) is 0 Å². The Bertz CT molecular complexity index is 1030. The minimum atomic E-state index is 0.527. The van der Waals surface area contributed by atoms with Gasteiger partial charge in [-0.25, -0.2) is 4.98 Å². The minimum Gasteiger partial charge on any atom is -0.492 e. The van der Waals surface area contributed by atoms with Gasteiger partial charge in [-0.2, -0.15) is 4.98 Å². The van der Waals surface area contributed by atoms with Gasteiger partial charge in [-0.1, -0.05) is 23.8 Å². The monoisotopic (exact) mass is 387 g/mol. The Morgan fingerprint density at radius 1 is 1.03 bits per heavy atom. The topological polar surface area (TPSA) is 71.1 Å². The quantitative estimate of drug-likeness (QED) is 0.494. The van der Waals surface area contributed by atoms with Crippen LogP contribution in [0.2, 0.25) is 0 Å². The highest BCUT2D eigenvalue weighted by Crippen LogP contribution is 2.28. The first kappa shape index (κ1) is 19.0. The van der Waals surface area contributed by atoms with Crippen molar-refractivity contribution in [1.29, 1.82) is 0 Å². The zero-order valence-electron chi connectivity index (χ0n) is 16.7. The number of benzene rings is 2. The van der Waals surface area contributed by atoms with Crippen LogP contribution in [0.5, 0.6) is 5.75 Å². The molecule has 148 valence electrons. The Morgan fingerprint density at radius 3 is 2.83 bits per heavy atom. The summed E-state index contributed by atoms with van der Waals surface area (Å²) in [7, 11) is 1.90. The average molecular weight is 387 g/mol. The third-order valence-corrected chi connectivity index (χ3v) is 4.66. The molecule has 29 heavy (non-hydrogen) atoms. The van der Waals surface area contributed by atoms with Gasteiger partial charge in [0.25, 0.3) is 0 Å². The molecule has 1 aromatic heterocycles. The Kier molecular flexibility index (Phi) is 5.72. The third-order valence-electron chi connectivity index (χ3n) is 4.66. The summed E-state index contributed by atoms with van der Waals surface area (Å²) in [6.07, 6.45) is 5.01. The standard InChI is InChI=1S/C23H25N5O/c1-16-12-17-6-7-20(14-18(17)13-16)26-22-8-9-25-23(28-22)27-19-4-3-5-21(15-19)29-11-10-24-2/h3-9,13-15,24H,10-12H2,1-2H3,(H2,25,26,27,28). The number of nitrogens with zero attached hydrogens (tertiary/aromatic N) is 2. The van der Waals surface area contributed by atoms with E-state index in [1.54, 1.807) is 6.20 Å². The number of ether oxygens (including phenoxy) is 1. The van der Waals surface area contributed by atoms with Gasteiger partial charge in [0.15, 0.2) is 0 Å². The Morgan fingerprint density at radius 2 is 1.93 bits per heavy atom. The van der Waals surface area contributed by atoms with E-state index in [0.29, 0.717) is 12.6 Å². The molecule has 2 aromatic carbocycles. The van der Waals surface area contributed by atoms with Gasteiger partial charge in [0, 0.05) is 30.2 Å². The van der Waals surface area contributed by atoms with Crippen molar-refractivity contribution < 1.29 is 4.74 Å². The van der Waals surface area contributed by atoms with Crippen molar-refractivity contribution >= 4 is 29.2 Å². The van der Waals surface area contributed by atoms with Crippen molar-refractivity contribution in [3.63, 3.8) is 0 Å². The van der Waals surface area contributed by atoms with Gasteiger partial charge in [-0.3, -0.25) is 0 Å². The molecule has 6 heteroatoms. The molecule has 0 bridgehead atoms. The summed E-state index contributed by atoms with van der Waals surface area (Å²) in [5.41, 5.74) is 5.93. The highest BCUT2D eigenvalue weighted by Gasteiger charge is 2.10. The van der Waals surface area contributed by atoms with E-state index in [4.69, 9.17) is 4.74 Å². The molecule has 0 radical (unpaired) electrons. The number of fused-ring (bicyclic) bond motifs is 1. The summed E-state index contributed by atoms with van der Waals surface area (Å²) in [6, 6.07) is 16.1. The van der Waals surface area contributed by atoms with Crippen molar-refractivity contribution in [3.8, 4) is 5.75 Å². The molecule has 6 nitrogen and oxygen atoms in total. The minimum absolute atomic E-state index is 0.527. The van der Waals surface area contributed by atoms with Crippen LogP contribution >= 0.6 is 0 Å². The van der Waals surface area contributed by atoms with Crippen LogP contribution < -0.4 is 20.7 Å². The molecule has 0 saturated heterocycles. The first-order valence-corrected chi connectivity index (χ1v) is 9.74. The van der Waals surface area contributed by atoms with Gasteiger partial charge in [0.2, 0.25) is 5.95 Å².